The van der Waals surface area contributed by atoms with Gasteiger partial charge in [-0.3, -0.25) is 4.79 Å². The summed E-state index contributed by atoms with van der Waals surface area (Å²) in [4.78, 5) is 11.2. The van der Waals surface area contributed by atoms with Gasteiger partial charge in [-0.25, -0.2) is 0 Å². The van der Waals surface area contributed by atoms with Crippen LogP contribution in [0.3, 0.4) is 0 Å². The molecule has 94 valence electrons. The number of carbonyl (C=O) groups excluding carboxylic acids is 1. The second-order valence-corrected chi connectivity index (χ2v) is 3.87. The van der Waals surface area contributed by atoms with E-state index >= 15 is 0 Å². The van der Waals surface area contributed by atoms with Crippen LogP contribution in [-0.2, 0) is 9.53 Å². The lowest BCUT2D eigenvalue weighted by atomic mass is 10.2. The average Bonchev–Trinajstić information content (AvgIpc) is 2.30. The van der Waals surface area contributed by atoms with Crippen molar-refractivity contribution in [3.8, 4) is 5.75 Å². The van der Waals surface area contributed by atoms with Gasteiger partial charge in [0.2, 0.25) is 0 Å². The molecule has 0 saturated heterocycles. The standard InChI is InChI=1S/C12H16ClNO3/c1-4-17-12(15)7-14-10-5-8(2)9(13)6-11(10)16-3/h5-6,14H,4,7H2,1-3H3. The molecule has 1 aromatic carbocycles. The number of nitrogens with one attached hydrogen (secondary N) is 1. The van der Waals surface area contributed by atoms with Gasteiger partial charge in [-0.2, -0.15) is 0 Å². The number of esters is 1. The first-order valence-corrected chi connectivity index (χ1v) is 5.70. The fourth-order valence-corrected chi connectivity index (χ4v) is 1.50. The Kier molecular flexibility index (Phi) is 5.10. The van der Waals surface area contributed by atoms with Crippen LogP contribution >= 0.6 is 11.6 Å². The van der Waals surface area contributed by atoms with E-state index in [1.165, 1.54) is 0 Å². The molecule has 0 aromatic heterocycles. The van der Waals surface area contributed by atoms with E-state index in [9.17, 15) is 4.79 Å². The van der Waals surface area contributed by atoms with Crippen LogP contribution in [0.15, 0.2) is 12.1 Å². The second-order valence-electron chi connectivity index (χ2n) is 3.46. The zero-order valence-corrected chi connectivity index (χ0v) is 10.9. The number of ether oxygens (including phenoxy) is 2. The van der Waals surface area contributed by atoms with Gasteiger partial charge in [0.15, 0.2) is 0 Å². The van der Waals surface area contributed by atoms with Crippen LogP contribution in [0.2, 0.25) is 5.02 Å². The number of anilines is 1. The highest BCUT2D eigenvalue weighted by Crippen LogP contribution is 2.30. The molecule has 0 aliphatic heterocycles. The summed E-state index contributed by atoms with van der Waals surface area (Å²) in [6, 6.07) is 3.55. The number of halogens is 1. The van der Waals surface area contributed by atoms with Crippen LogP contribution < -0.4 is 10.1 Å². The zero-order valence-electron chi connectivity index (χ0n) is 10.2. The minimum absolute atomic E-state index is 0.102. The Morgan fingerprint density at radius 2 is 2.18 bits per heavy atom. The normalized spacial score (nSPS) is 9.88. The highest BCUT2D eigenvalue weighted by molar-refractivity contribution is 6.31. The number of carbonyl (C=O) groups is 1. The molecule has 0 aliphatic rings. The van der Waals surface area contributed by atoms with Crippen LogP contribution in [0.1, 0.15) is 12.5 Å². The monoisotopic (exact) mass is 257 g/mol. The smallest absolute Gasteiger partial charge is 0.325 e. The lowest BCUT2D eigenvalue weighted by molar-refractivity contribution is -0.140. The van der Waals surface area contributed by atoms with Crippen molar-refractivity contribution >= 4 is 23.3 Å². The third kappa shape index (κ3) is 3.82. The summed E-state index contributed by atoms with van der Waals surface area (Å²) in [7, 11) is 1.55. The predicted octanol–water partition coefficient (Wildman–Crippen LogP) is 2.63. The molecule has 4 nitrogen and oxygen atoms in total. The van der Waals surface area contributed by atoms with Gasteiger partial charge in [0.05, 0.1) is 19.4 Å². The first kappa shape index (κ1) is 13.6. The molecule has 0 bridgehead atoms. The summed E-state index contributed by atoms with van der Waals surface area (Å²) >= 11 is 5.98. The Balaban J connectivity index is 2.76. The van der Waals surface area contributed by atoms with Gasteiger partial charge in [0.1, 0.15) is 12.3 Å². The van der Waals surface area contributed by atoms with E-state index in [4.69, 9.17) is 21.1 Å². The van der Waals surface area contributed by atoms with E-state index in [2.05, 4.69) is 5.32 Å². The van der Waals surface area contributed by atoms with Crippen molar-refractivity contribution in [1.82, 2.24) is 0 Å². The van der Waals surface area contributed by atoms with Crippen molar-refractivity contribution < 1.29 is 14.3 Å². The van der Waals surface area contributed by atoms with E-state index < -0.39 is 0 Å². The molecule has 5 heteroatoms. The first-order valence-electron chi connectivity index (χ1n) is 5.32. The van der Waals surface area contributed by atoms with Gasteiger partial charge in [-0.1, -0.05) is 11.6 Å². The lowest BCUT2D eigenvalue weighted by Crippen LogP contribution is -2.17. The zero-order chi connectivity index (χ0) is 12.8. The minimum atomic E-state index is -0.304. The Hall–Kier alpha value is -1.42. The molecular formula is C12H16ClNO3. The molecule has 0 spiro atoms. The van der Waals surface area contributed by atoms with Gasteiger partial charge in [0, 0.05) is 11.1 Å². The molecule has 1 aromatic rings. The number of hydrogen-bond donors (Lipinski definition) is 1. The Morgan fingerprint density at radius 3 is 2.76 bits per heavy atom. The van der Waals surface area contributed by atoms with Crippen molar-refractivity contribution in [2.24, 2.45) is 0 Å². The number of aryl methyl sites for hydroxylation is 1. The maximum atomic E-state index is 11.2. The van der Waals surface area contributed by atoms with Gasteiger partial charge in [-0.15, -0.1) is 0 Å². The van der Waals surface area contributed by atoms with Crippen molar-refractivity contribution in [3.05, 3.63) is 22.7 Å². The maximum Gasteiger partial charge on any atom is 0.325 e. The van der Waals surface area contributed by atoms with Gasteiger partial charge in [0.25, 0.3) is 0 Å². The van der Waals surface area contributed by atoms with E-state index in [-0.39, 0.29) is 12.5 Å². The molecule has 0 radical (unpaired) electrons. The average molecular weight is 258 g/mol. The Morgan fingerprint density at radius 1 is 1.47 bits per heavy atom. The van der Waals surface area contributed by atoms with Crippen LogP contribution in [-0.4, -0.2) is 26.2 Å². The third-order valence-electron chi connectivity index (χ3n) is 2.21. The van der Waals surface area contributed by atoms with E-state index in [0.29, 0.717) is 17.4 Å². The van der Waals surface area contributed by atoms with Crippen LogP contribution in [0.25, 0.3) is 0 Å². The lowest BCUT2D eigenvalue weighted by Gasteiger charge is -2.12. The summed E-state index contributed by atoms with van der Waals surface area (Å²) in [6.45, 7) is 4.13. The largest absolute Gasteiger partial charge is 0.495 e. The van der Waals surface area contributed by atoms with Crippen LogP contribution in [0.5, 0.6) is 5.75 Å². The van der Waals surface area contributed by atoms with E-state index in [0.717, 1.165) is 11.3 Å². The van der Waals surface area contributed by atoms with Gasteiger partial charge >= 0.3 is 5.97 Å². The Labute approximate surface area is 106 Å². The minimum Gasteiger partial charge on any atom is -0.495 e. The third-order valence-corrected chi connectivity index (χ3v) is 2.62. The summed E-state index contributed by atoms with van der Waals surface area (Å²) in [5.41, 5.74) is 1.64. The maximum absolute atomic E-state index is 11.2. The topological polar surface area (TPSA) is 47.6 Å². The number of rotatable bonds is 5. The van der Waals surface area contributed by atoms with Crippen molar-refractivity contribution in [2.45, 2.75) is 13.8 Å². The van der Waals surface area contributed by atoms with Crippen molar-refractivity contribution in [1.29, 1.82) is 0 Å². The summed E-state index contributed by atoms with van der Waals surface area (Å²) in [5, 5.41) is 3.59. The number of methoxy groups -OCH3 is 1. The predicted molar refractivity (Wildman–Crippen MR) is 67.9 cm³/mol. The van der Waals surface area contributed by atoms with Crippen molar-refractivity contribution in [3.63, 3.8) is 0 Å². The fraction of sp³-hybridized carbons (Fsp3) is 0.417. The molecule has 0 amide bonds. The number of benzene rings is 1. The molecule has 0 heterocycles. The molecule has 0 unspecified atom stereocenters. The summed E-state index contributed by atoms with van der Waals surface area (Å²) in [5.74, 6) is 0.298. The fourth-order valence-electron chi connectivity index (χ4n) is 1.35. The van der Waals surface area contributed by atoms with Gasteiger partial charge in [-0.05, 0) is 25.5 Å². The molecule has 0 aliphatic carbocycles. The SMILES string of the molecule is CCOC(=O)CNc1cc(C)c(Cl)cc1OC. The number of hydrogen-bond acceptors (Lipinski definition) is 4. The highest BCUT2D eigenvalue weighted by Gasteiger charge is 2.08. The van der Waals surface area contributed by atoms with Gasteiger partial charge < -0.3 is 14.8 Å². The Bertz CT molecular complexity index is 407. The van der Waals surface area contributed by atoms with Crippen molar-refractivity contribution in [2.75, 3.05) is 25.6 Å². The summed E-state index contributed by atoms with van der Waals surface area (Å²) in [6.07, 6.45) is 0. The second kappa shape index (κ2) is 6.35. The molecule has 1 N–H and O–H groups in total. The molecule has 0 atom stereocenters. The molecule has 17 heavy (non-hydrogen) atoms. The van der Waals surface area contributed by atoms with E-state index in [1.807, 2.05) is 13.0 Å². The molecular weight excluding hydrogens is 242 g/mol. The summed E-state index contributed by atoms with van der Waals surface area (Å²) < 4.78 is 10.00. The van der Waals surface area contributed by atoms with E-state index in [1.54, 1.807) is 20.1 Å². The quantitative estimate of drug-likeness (QED) is 0.824. The first-order chi connectivity index (χ1) is 8.08. The van der Waals surface area contributed by atoms with Crippen LogP contribution in [0, 0.1) is 6.92 Å². The molecule has 0 saturated carbocycles. The molecule has 0 fully saturated rings. The highest BCUT2D eigenvalue weighted by atomic mass is 35.5. The van der Waals surface area contributed by atoms with Crippen LogP contribution in [0.4, 0.5) is 5.69 Å². The molecule has 1 rings (SSSR count).